The Balaban J connectivity index is 1.99. The molecule has 0 spiro atoms. The number of aryl methyl sites for hydroxylation is 2. The van der Waals surface area contributed by atoms with E-state index in [1.807, 2.05) is 31.2 Å². The molecule has 0 radical (unpaired) electrons. The zero-order chi connectivity index (χ0) is 16.8. The van der Waals surface area contributed by atoms with Crippen molar-refractivity contribution in [3.63, 3.8) is 0 Å². The first-order valence-corrected chi connectivity index (χ1v) is 8.10. The molecule has 122 valence electrons. The number of hydrogen-bond donors (Lipinski definition) is 1. The maximum absolute atomic E-state index is 12.4. The smallest absolute Gasteiger partial charge is 0.261 e. The first-order chi connectivity index (χ1) is 11.0. The Morgan fingerprint density at radius 3 is 2.39 bits per heavy atom. The number of carbonyl (C=O) groups is 1. The number of nitrogens with one attached hydrogen (secondary N) is 1. The summed E-state index contributed by atoms with van der Waals surface area (Å²) in [6.45, 7) is 7.90. The monoisotopic (exact) mass is 311 g/mol. The average molecular weight is 311 g/mol. The second-order valence-corrected chi connectivity index (χ2v) is 5.96. The number of hydrogen-bond acceptors (Lipinski definition) is 2. The molecule has 2 atom stereocenters. The highest BCUT2D eigenvalue weighted by Gasteiger charge is 2.19. The van der Waals surface area contributed by atoms with Crippen LogP contribution in [0.15, 0.2) is 48.5 Å². The van der Waals surface area contributed by atoms with Gasteiger partial charge in [0.15, 0.2) is 6.10 Å². The minimum atomic E-state index is -0.531. The summed E-state index contributed by atoms with van der Waals surface area (Å²) in [6.07, 6.45) is 0.308. The summed E-state index contributed by atoms with van der Waals surface area (Å²) >= 11 is 0. The van der Waals surface area contributed by atoms with E-state index >= 15 is 0 Å². The summed E-state index contributed by atoms with van der Waals surface area (Å²) in [5, 5.41) is 3.07. The quantitative estimate of drug-likeness (QED) is 0.862. The van der Waals surface area contributed by atoms with Gasteiger partial charge in [0.05, 0.1) is 6.04 Å². The van der Waals surface area contributed by atoms with Crippen LogP contribution in [0.5, 0.6) is 5.75 Å². The fourth-order valence-electron chi connectivity index (χ4n) is 2.46. The highest BCUT2D eigenvalue weighted by molar-refractivity contribution is 5.81. The van der Waals surface area contributed by atoms with Crippen LogP contribution in [0.3, 0.4) is 0 Å². The summed E-state index contributed by atoms with van der Waals surface area (Å²) < 4.78 is 5.75. The van der Waals surface area contributed by atoms with E-state index in [2.05, 4.69) is 43.4 Å². The Labute approximate surface area is 138 Å². The summed E-state index contributed by atoms with van der Waals surface area (Å²) in [7, 11) is 0. The molecular weight excluding hydrogens is 286 g/mol. The van der Waals surface area contributed by atoms with Gasteiger partial charge in [-0.15, -0.1) is 0 Å². The SMILES string of the molecule is CC[C@H](NC(=O)[C@@H](C)Oc1cccc(C)c1)c1ccc(C)cc1. The lowest BCUT2D eigenvalue weighted by molar-refractivity contribution is -0.128. The molecule has 0 aliphatic rings. The zero-order valence-electron chi connectivity index (χ0n) is 14.3. The van der Waals surface area contributed by atoms with Crippen molar-refractivity contribution in [2.24, 2.45) is 0 Å². The number of ether oxygens (including phenoxy) is 1. The van der Waals surface area contributed by atoms with Crippen molar-refractivity contribution in [1.29, 1.82) is 0 Å². The molecule has 0 saturated heterocycles. The van der Waals surface area contributed by atoms with Gasteiger partial charge in [0.25, 0.3) is 5.91 Å². The third-order valence-electron chi connectivity index (χ3n) is 3.88. The number of carbonyl (C=O) groups excluding carboxylic acids is 1. The van der Waals surface area contributed by atoms with E-state index in [4.69, 9.17) is 4.74 Å². The lowest BCUT2D eigenvalue weighted by atomic mass is 10.0. The Hall–Kier alpha value is -2.29. The Morgan fingerprint density at radius 2 is 1.78 bits per heavy atom. The van der Waals surface area contributed by atoms with Crippen molar-refractivity contribution < 1.29 is 9.53 Å². The van der Waals surface area contributed by atoms with E-state index in [-0.39, 0.29) is 11.9 Å². The van der Waals surface area contributed by atoms with Crippen LogP contribution >= 0.6 is 0 Å². The highest BCUT2D eigenvalue weighted by Crippen LogP contribution is 2.18. The first kappa shape index (κ1) is 17.1. The minimum Gasteiger partial charge on any atom is -0.481 e. The summed E-state index contributed by atoms with van der Waals surface area (Å²) in [4.78, 5) is 12.4. The van der Waals surface area contributed by atoms with Gasteiger partial charge in [-0.3, -0.25) is 4.79 Å². The second-order valence-electron chi connectivity index (χ2n) is 5.96. The van der Waals surface area contributed by atoms with Gasteiger partial charge in [-0.2, -0.15) is 0 Å². The van der Waals surface area contributed by atoms with Crippen molar-refractivity contribution in [2.75, 3.05) is 0 Å². The van der Waals surface area contributed by atoms with E-state index in [0.29, 0.717) is 0 Å². The number of benzene rings is 2. The maximum atomic E-state index is 12.4. The van der Waals surface area contributed by atoms with Gasteiger partial charge in [0, 0.05) is 0 Å². The molecule has 0 fully saturated rings. The van der Waals surface area contributed by atoms with Gasteiger partial charge in [0.2, 0.25) is 0 Å². The molecule has 3 nitrogen and oxygen atoms in total. The van der Waals surface area contributed by atoms with Gasteiger partial charge in [0.1, 0.15) is 5.75 Å². The molecule has 0 unspecified atom stereocenters. The van der Waals surface area contributed by atoms with Gasteiger partial charge in [-0.25, -0.2) is 0 Å². The van der Waals surface area contributed by atoms with Crippen molar-refractivity contribution in [2.45, 2.75) is 46.3 Å². The fourth-order valence-corrected chi connectivity index (χ4v) is 2.46. The summed E-state index contributed by atoms with van der Waals surface area (Å²) in [6, 6.07) is 16.0. The van der Waals surface area contributed by atoms with Crippen LogP contribution in [0.25, 0.3) is 0 Å². The van der Waals surface area contributed by atoms with Gasteiger partial charge < -0.3 is 10.1 Å². The Kier molecular flexibility index (Phi) is 5.80. The zero-order valence-corrected chi connectivity index (χ0v) is 14.3. The first-order valence-electron chi connectivity index (χ1n) is 8.10. The average Bonchev–Trinajstić information content (AvgIpc) is 2.53. The predicted molar refractivity (Wildman–Crippen MR) is 93.6 cm³/mol. The van der Waals surface area contributed by atoms with Crippen LogP contribution in [-0.2, 0) is 4.79 Å². The summed E-state index contributed by atoms with van der Waals surface area (Å²) in [5.41, 5.74) is 3.45. The third-order valence-corrected chi connectivity index (χ3v) is 3.88. The molecule has 1 N–H and O–H groups in total. The second kappa shape index (κ2) is 7.82. The third kappa shape index (κ3) is 4.85. The van der Waals surface area contributed by atoms with Crippen molar-refractivity contribution in [1.82, 2.24) is 5.32 Å². The van der Waals surface area contributed by atoms with Crippen LogP contribution in [-0.4, -0.2) is 12.0 Å². The number of amides is 1. The maximum Gasteiger partial charge on any atom is 0.261 e. The van der Waals surface area contributed by atoms with E-state index in [0.717, 1.165) is 23.3 Å². The molecule has 1 amide bonds. The van der Waals surface area contributed by atoms with E-state index in [1.54, 1.807) is 6.92 Å². The lowest BCUT2D eigenvalue weighted by Crippen LogP contribution is -2.38. The van der Waals surface area contributed by atoms with Gasteiger partial charge in [-0.1, -0.05) is 48.9 Å². The molecule has 2 aromatic carbocycles. The molecule has 2 aromatic rings. The topological polar surface area (TPSA) is 38.3 Å². The highest BCUT2D eigenvalue weighted by atomic mass is 16.5. The van der Waals surface area contributed by atoms with Crippen molar-refractivity contribution in [3.05, 3.63) is 65.2 Å². The molecule has 0 aliphatic carbocycles. The van der Waals surface area contributed by atoms with Crippen molar-refractivity contribution >= 4 is 5.91 Å². The van der Waals surface area contributed by atoms with Gasteiger partial charge >= 0.3 is 0 Å². The molecule has 2 rings (SSSR count). The molecule has 0 aliphatic heterocycles. The molecule has 0 bridgehead atoms. The summed E-state index contributed by atoms with van der Waals surface area (Å²) in [5.74, 6) is 0.620. The Morgan fingerprint density at radius 1 is 1.09 bits per heavy atom. The molecular formula is C20H25NO2. The molecule has 23 heavy (non-hydrogen) atoms. The molecule has 0 heterocycles. The number of rotatable bonds is 6. The lowest BCUT2D eigenvalue weighted by Gasteiger charge is -2.21. The van der Waals surface area contributed by atoms with Crippen molar-refractivity contribution in [3.8, 4) is 5.75 Å². The van der Waals surface area contributed by atoms with E-state index in [1.165, 1.54) is 5.56 Å². The molecule has 3 heteroatoms. The molecule has 0 aromatic heterocycles. The van der Waals surface area contributed by atoms with Crippen LogP contribution in [0.1, 0.15) is 43.0 Å². The standard InChI is InChI=1S/C20H25NO2/c1-5-19(17-11-9-14(2)10-12-17)21-20(22)16(4)23-18-8-6-7-15(3)13-18/h6-13,16,19H,5H2,1-4H3,(H,21,22)/t16-,19+/m1/s1. The van der Waals surface area contributed by atoms with Crippen LogP contribution < -0.4 is 10.1 Å². The van der Waals surface area contributed by atoms with Gasteiger partial charge in [-0.05, 0) is 50.5 Å². The Bertz CT molecular complexity index is 649. The van der Waals surface area contributed by atoms with Crippen LogP contribution in [0.4, 0.5) is 0 Å². The predicted octanol–water partition coefficient (Wildman–Crippen LogP) is 4.34. The largest absolute Gasteiger partial charge is 0.481 e. The van der Waals surface area contributed by atoms with E-state index < -0.39 is 6.10 Å². The fraction of sp³-hybridized carbons (Fsp3) is 0.350. The van der Waals surface area contributed by atoms with E-state index in [9.17, 15) is 4.79 Å². The normalized spacial score (nSPS) is 13.2. The van der Waals surface area contributed by atoms with Crippen LogP contribution in [0.2, 0.25) is 0 Å². The molecule has 0 saturated carbocycles. The minimum absolute atomic E-state index is 0.00617. The van der Waals surface area contributed by atoms with Crippen LogP contribution in [0, 0.1) is 13.8 Å².